The molecule has 0 fully saturated rings. The molecule has 0 radical (unpaired) electrons. The van der Waals surface area contributed by atoms with Crippen LogP contribution in [0.15, 0.2) is 65.9 Å². The Morgan fingerprint density at radius 2 is 1.69 bits per heavy atom. The molecule has 0 bridgehead atoms. The molecule has 1 N–H and O–H groups in total. The summed E-state index contributed by atoms with van der Waals surface area (Å²) in [5.74, 6) is 2.51. The number of Topliss-reactive ketones (excluding diaryl/α,β-unsaturated/α-hetero) is 1. The molecule has 3 aromatic rings. The third-order valence-electron chi connectivity index (χ3n) is 7.03. The molecule has 35 heavy (non-hydrogen) atoms. The zero-order valence-electron chi connectivity index (χ0n) is 19.4. The minimum atomic E-state index is -0.289. The van der Waals surface area contributed by atoms with Crippen LogP contribution in [0.1, 0.15) is 41.4 Å². The maximum Gasteiger partial charge on any atom is 0.231 e. The summed E-state index contributed by atoms with van der Waals surface area (Å²) in [6, 6.07) is 17.5. The van der Waals surface area contributed by atoms with E-state index in [9.17, 15) is 4.79 Å². The van der Waals surface area contributed by atoms with E-state index < -0.39 is 0 Å². The molecular weight excluding hydrogens is 466 g/mol. The van der Waals surface area contributed by atoms with Crippen molar-refractivity contribution in [3.05, 3.63) is 87.6 Å². The Morgan fingerprint density at radius 3 is 2.46 bits per heavy atom. The largest absolute Gasteiger partial charge is 0.493 e. The quantitative estimate of drug-likeness (QED) is 0.481. The molecule has 2 heterocycles. The van der Waals surface area contributed by atoms with E-state index >= 15 is 0 Å². The molecule has 2 atom stereocenters. The van der Waals surface area contributed by atoms with Crippen molar-refractivity contribution in [1.29, 1.82) is 0 Å². The van der Waals surface area contributed by atoms with Crippen LogP contribution in [-0.2, 0) is 4.79 Å². The number of halogens is 1. The molecule has 6 rings (SSSR count). The maximum absolute atomic E-state index is 13.8. The third kappa shape index (κ3) is 3.60. The van der Waals surface area contributed by atoms with Gasteiger partial charge < -0.3 is 24.3 Å². The van der Waals surface area contributed by atoms with Crippen molar-refractivity contribution >= 4 is 23.1 Å². The highest BCUT2D eigenvalue weighted by molar-refractivity contribution is 6.31. The van der Waals surface area contributed by atoms with E-state index in [-0.39, 0.29) is 24.4 Å². The Kier molecular flexibility index (Phi) is 5.33. The highest BCUT2D eigenvalue weighted by atomic mass is 35.5. The number of ketones is 1. The number of hydrogen-bond donors (Lipinski definition) is 1. The third-order valence-corrected chi connectivity index (χ3v) is 7.38. The normalized spacial score (nSPS) is 20.1. The fourth-order valence-electron chi connectivity index (χ4n) is 5.38. The van der Waals surface area contributed by atoms with E-state index in [1.165, 1.54) is 0 Å². The summed E-state index contributed by atoms with van der Waals surface area (Å²) >= 11 is 6.67. The number of methoxy groups -OCH3 is 2. The van der Waals surface area contributed by atoms with Crippen LogP contribution >= 0.6 is 11.6 Å². The number of nitrogens with one attached hydrogen (secondary N) is 1. The number of carbonyl (C=O) groups is 1. The van der Waals surface area contributed by atoms with Crippen molar-refractivity contribution in [2.45, 2.75) is 24.7 Å². The van der Waals surface area contributed by atoms with Gasteiger partial charge >= 0.3 is 0 Å². The van der Waals surface area contributed by atoms with Crippen LogP contribution in [0.25, 0.3) is 0 Å². The number of rotatable bonds is 4. The van der Waals surface area contributed by atoms with Crippen molar-refractivity contribution in [2.75, 3.05) is 26.3 Å². The monoisotopic (exact) mass is 489 g/mol. The van der Waals surface area contributed by atoms with Gasteiger partial charge in [-0.3, -0.25) is 4.79 Å². The number of fused-ring (bicyclic) bond motifs is 2. The van der Waals surface area contributed by atoms with E-state index in [2.05, 4.69) is 5.32 Å². The minimum absolute atomic E-state index is 0.0102. The molecule has 0 aromatic heterocycles. The Morgan fingerprint density at radius 1 is 0.914 bits per heavy atom. The number of anilines is 1. The number of benzene rings is 3. The molecule has 0 amide bonds. The summed E-state index contributed by atoms with van der Waals surface area (Å²) in [5, 5.41) is 4.18. The minimum Gasteiger partial charge on any atom is -0.493 e. The van der Waals surface area contributed by atoms with Gasteiger partial charge in [-0.25, -0.2) is 0 Å². The van der Waals surface area contributed by atoms with Gasteiger partial charge in [0.05, 0.1) is 14.2 Å². The van der Waals surface area contributed by atoms with Gasteiger partial charge in [0.15, 0.2) is 28.8 Å². The second-order valence-corrected chi connectivity index (χ2v) is 9.31. The number of ether oxygens (including phenoxy) is 4. The molecule has 0 saturated carbocycles. The molecule has 3 aromatic carbocycles. The van der Waals surface area contributed by atoms with Gasteiger partial charge in [0.1, 0.15) is 0 Å². The zero-order chi connectivity index (χ0) is 24.1. The molecule has 2 aliphatic heterocycles. The topological polar surface area (TPSA) is 66.0 Å². The number of hydrogen-bond acceptors (Lipinski definition) is 6. The molecule has 0 unspecified atom stereocenters. The first-order valence-electron chi connectivity index (χ1n) is 11.5. The van der Waals surface area contributed by atoms with Gasteiger partial charge in [0.25, 0.3) is 0 Å². The summed E-state index contributed by atoms with van der Waals surface area (Å²) in [6.07, 6.45) is 1.09. The molecule has 1 aliphatic carbocycles. The van der Waals surface area contributed by atoms with E-state index in [1.54, 1.807) is 14.2 Å². The van der Waals surface area contributed by atoms with Crippen molar-refractivity contribution in [1.82, 2.24) is 0 Å². The Bertz CT molecular complexity index is 1380. The lowest BCUT2D eigenvalue weighted by molar-refractivity contribution is -0.116. The fourth-order valence-corrected chi connectivity index (χ4v) is 5.63. The van der Waals surface area contributed by atoms with Gasteiger partial charge in [-0.15, -0.1) is 0 Å². The maximum atomic E-state index is 13.8. The summed E-state index contributed by atoms with van der Waals surface area (Å²) in [6.45, 7) is 0.183. The van der Waals surface area contributed by atoms with E-state index in [4.69, 9.17) is 30.5 Å². The number of allylic oxidation sites excluding steroid dienone is 2. The van der Waals surface area contributed by atoms with E-state index in [1.807, 2.05) is 54.6 Å². The van der Waals surface area contributed by atoms with Gasteiger partial charge in [0.2, 0.25) is 6.79 Å². The first-order valence-corrected chi connectivity index (χ1v) is 11.9. The lowest BCUT2D eigenvalue weighted by atomic mass is 9.72. The van der Waals surface area contributed by atoms with Crippen molar-refractivity contribution in [3.63, 3.8) is 0 Å². The zero-order valence-corrected chi connectivity index (χ0v) is 20.1. The van der Waals surface area contributed by atoms with Gasteiger partial charge in [-0.05, 0) is 53.3 Å². The Labute approximate surface area is 208 Å². The van der Waals surface area contributed by atoms with Crippen LogP contribution in [0.4, 0.5) is 5.69 Å². The number of carbonyl (C=O) groups excluding carboxylic acids is 1. The van der Waals surface area contributed by atoms with Gasteiger partial charge in [-0.1, -0.05) is 35.9 Å². The van der Waals surface area contributed by atoms with Crippen LogP contribution < -0.4 is 24.3 Å². The lowest BCUT2D eigenvalue weighted by Crippen LogP contribution is -2.30. The van der Waals surface area contributed by atoms with Crippen LogP contribution in [-0.4, -0.2) is 26.8 Å². The van der Waals surface area contributed by atoms with Crippen LogP contribution in [0.5, 0.6) is 23.0 Å². The molecular formula is C28H24ClNO5. The fraction of sp³-hybridized carbons (Fsp3) is 0.250. The van der Waals surface area contributed by atoms with Crippen LogP contribution in [0, 0.1) is 0 Å². The van der Waals surface area contributed by atoms with E-state index in [0.717, 1.165) is 33.6 Å². The molecule has 178 valence electrons. The predicted octanol–water partition coefficient (Wildman–Crippen LogP) is 6.04. The highest BCUT2D eigenvalue weighted by Crippen LogP contribution is 2.52. The SMILES string of the molecule is COc1ccc([C@H]2CC(=O)C3=C(C2)Nc2cc4c(cc2[C@H]3c2ccccc2Cl)OCO4)cc1OC. The molecule has 3 aliphatic rings. The van der Waals surface area contributed by atoms with E-state index in [0.29, 0.717) is 40.9 Å². The average molecular weight is 490 g/mol. The summed E-state index contributed by atoms with van der Waals surface area (Å²) < 4.78 is 22.2. The molecule has 6 nitrogen and oxygen atoms in total. The summed E-state index contributed by atoms with van der Waals surface area (Å²) in [7, 11) is 3.23. The lowest BCUT2D eigenvalue weighted by Gasteiger charge is -2.37. The second kappa shape index (κ2) is 8.54. The molecule has 7 heteroatoms. The van der Waals surface area contributed by atoms with Crippen LogP contribution in [0.2, 0.25) is 5.02 Å². The highest BCUT2D eigenvalue weighted by Gasteiger charge is 2.40. The standard InChI is InChI=1S/C28H24ClNO5/c1-32-23-8-7-15(11-24(23)33-2)16-9-21-28(22(31)10-16)27(17-5-3-4-6-19(17)29)18-12-25-26(35-14-34-25)13-20(18)30-21/h3-8,11-13,16,27,30H,9-10,14H2,1-2H3/t16-,27-/m1/s1. The van der Waals surface area contributed by atoms with Crippen molar-refractivity contribution in [2.24, 2.45) is 0 Å². The smallest absolute Gasteiger partial charge is 0.231 e. The first kappa shape index (κ1) is 21.9. The second-order valence-electron chi connectivity index (χ2n) is 8.91. The summed E-state index contributed by atoms with van der Waals surface area (Å²) in [4.78, 5) is 13.8. The van der Waals surface area contributed by atoms with Crippen molar-refractivity contribution in [3.8, 4) is 23.0 Å². The van der Waals surface area contributed by atoms with Crippen molar-refractivity contribution < 1.29 is 23.7 Å². The molecule has 0 saturated heterocycles. The average Bonchev–Trinajstić information content (AvgIpc) is 3.33. The first-order chi connectivity index (χ1) is 17.1. The van der Waals surface area contributed by atoms with Gasteiger partial charge in [-0.2, -0.15) is 0 Å². The predicted molar refractivity (Wildman–Crippen MR) is 133 cm³/mol. The Balaban J connectivity index is 1.46. The van der Waals surface area contributed by atoms with Gasteiger partial charge in [0, 0.05) is 40.4 Å². The van der Waals surface area contributed by atoms with Crippen LogP contribution in [0.3, 0.4) is 0 Å². The molecule has 0 spiro atoms. The Hall–Kier alpha value is -3.64. The summed E-state index contributed by atoms with van der Waals surface area (Å²) in [5.41, 5.74) is 5.48.